The molecule has 0 spiro atoms. The Morgan fingerprint density at radius 3 is 2.70 bits per heavy atom. The minimum atomic E-state index is -0.274. The second kappa shape index (κ2) is 8.35. The van der Waals surface area contributed by atoms with Crippen molar-refractivity contribution in [1.82, 2.24) is 10.1 Å². The van der Waals surface area contributed by atoms with Crippen LogP contribution in [0, 0.1) is 13.8 Å². The van der Waals surface area contributed by atoms with Gasteiger partial charge in [-0.15, -0.1) is 0 Å². The summed E-state index contributed by atoms with van der Waals surface area (Å²) >= 11 is 0. The Kier molecular flexibility index (Phi) is 5.71. The van der Waals surface area contributed by atoms with Crippen molar-refractivity contribution in [2.24, 2.45) is 0 Å². The lowest BCUT2D eigenvalue weighted by Gasteiger charge is -2.13. The number of carbonyl (C=O) groups is 1. The van der Waals surface area contributed by atoms with Gasteiger partial charge in [-0.3, -0.25) is 9.78 Å². The zero-order valence-electron chi connectivity index (χ0n) is 15.5. The SMILES string of the molecule is CCOc1cc(C(=O)Nc2c(C)noc2C)ccc1OCc1cccnc1. The average Bonchev–Trinajstić information content (AvgIpc) is 3.00. The van der Waals surface area contributed by atoms with E-state index in [1.165, 1.54) is 0 Å². The molecule has 0 aliphatic rings. The third-order valence-electron chi connectivity index (χ3n) is 3.89. The number of amides is 1. The molecular weight excluding hydrogens is 346 g/mol. The maximum atomic E-state index is 12.6. The zero-order valence-corrected chi connectivity index (χ0v) is 15.5. The standard InChI is InChI=1S/C20H21N3O4/c1-4-25-18-10-16(20(24)22-19-13(2)23-27-14(19)3)7-8-17(18)26-12-15-6-5-9-21-11-15/h5-11H,4,12H2,1-3H3,(H,22,24). The van der Waals surface area contributed by atoms with Gasteiger partial charge in [0.15, 0.2) is 17.3 Å². The molecule has 3 rings (SSSR count). The smallest absolute Gasteiger partial charge is 0.255 e. The van der Waals surface area contributed by atoms with Crippen molar-refractivity contribution >= 4 is 11.6 Å². The topological polar surface area (TPSA) is 86.5 Å². The summed E-state index contributed by atoms with van der Waals surface area (Å²) in [7, 11) is 0. The lowest BCUT2D eigenvalue weighted by atomic mass is 10.1. The van der Waals surface area contributed by atoms with Gasteiger partial charge in [-0.05, 0) is 45.0 Å². The minimum Gasteiger partial charge on any atom is -0.490 e. The van der Waals surface area contributed by atoms with E-state index in [2.05, 4.69) is 15.5 Å². The highest BCUT2D eigenvalue weighted by Crippen LogP contribution is 2.30. The maximum absolute atomic E-state index is 12.6. The van der Waals surface area contributed by atoms with Crippen molar-refractivity contribution in [2.75, 3.05) is 11.9 Å². The van der Waals surface area contributed by atoms with E-state index in [0.29, 0.717) is 47.4 Å². The monoisotopic (exact) mass is 367 g/mol. The molecule has 3 aromatic rings. The minimum absolute atomic E-state index is 0.274. The summed E-state index contributed by atoms with van der Waals surface area (Å²) in [5.74, 6) is 1.36. The fraction of sp³-hybridized carbons (Fsp3) is 0.250. The van der Waals surface area contributed by atoms with Gasteiger partial charge in [0.2, 0.25) is 0 Å². The Bertz CT molecular complexity index is 903. The van der Waals surface area contributed by atoms with Crippen molar-refractivity contribution in [3.8, 4) is 11.5 Å². The molecule has 1 N–H and O–H groups in total. The Morgan fingerprint density at radius 1 is 1.19 bits per heavy atom. The molecule has 0 aliphatic heterocycles. The lowest BCUT2D eigenvalue weighted by molar-refractivity contribution is 0.102. The van der Waals surface area contributed by atoms with Gasteiger partial charge in [0.1, 0.15) is 18.0 Å². The summed E-state index contributed by atoms with van der Waals surface area (Å²) in [6.07, 6.45) is 3.45. The molecule has 0 unspecified atom stereocenters. The zero-order chi connectivity index (χ0) is 19.2. The average molecular weight is 367 g/mol. The highest BCUT2D eigenvalue weighted by Gasteiger charge is 2.16. The number of hydrogen-bond acceptors (Lipinski definition) is 6. The number of pyridine rings is 1. The van der Waals surface area contributed by atoms with Gasteiger partial charge >= 0.3 is 0 Å². The molecule has 7 nitrogen and oxygen atoms in total. The van der Waals surface area contributed by atoms with E-state index in [9.17, 15) is 4.79 Å². The Balaban J connectivity index is 1.77. The number of hydrogen-bond donors (Lipinski definition) is 1. The number of nitrogens with zero attached hydrogens (tertiary/aromatic N) is 2. The van der Waals surface area contributed by atoms with E-state index >= 15 is 0 Å². The number of nitrogens with one attached hydrogen (secondary N) is 1. The third kappa shape index (κ3) is 4.44. The first-order chi connectivity index (χ1) is 13.1. The summed E-state index contributed by atoms with van der Waals surface area (Å²) in [6.45, 7) is 6.21. The predicted molar refractivity (Wildman–Crippen MR) is 100 cm³/mol. The maximum Gasteiger partial charge on any atom is 0.255 e. The molecule has 0 aliphatic carbocycles. The lowest BCUT2D eigenvalue weighted by Crippen LogP contribution is -2.13. The van der Waals surface area contributed by atoms with Crippen LogP contribution in [0.4, 0.5) is 5.69 Å². The second-order valence-electron chi connectivity index (χ2n) is 5.90. The first kappa shape index (κ1) is 18.4. The number of carbonyl (C=O) groups excluding carboxylic acids is 1. The molecule has 1 amide bonds. The molecule has 2 heterocycles. The first-order valence-electron chi connectivity index (χ1n) is 8.61. The van der Waals surface area contributed by atoms with Gasteiger partial charge in [0, 0.05) is 23.5 Å². The summed E-state index contributed by atoms with van der Waals surface area (Å²) in [5.41, 5.74) is 2.60. The molecule has 0 saturated carbocycles. The van der Waals surface area contributed by atoms with Crippen molar-refractivity contribution < 1.29 is 18.8 Å². The van der Waals surface area contributed by atoms with Crippen molar-refractivity contribution in [1.29, 1.82) is 0 Å². The van der Waals surface area contributed by atoms with Crippen LogP contribution in [0.1, 0.15) is 34.3 Å². The van der Waals surface area contributed by atoms with Crippen molar-refractivity contribution in [3.63, 3.8) is 0 Å². The van der Waals surface area contributed by atoms with Crippen LogP contribution in [0.15, 0.2) is 47.2 Å². The van der Waals surface area contributed by atoms with Gasteiger partial charge in [0.05, 0.1) is 6.61 Å². The van der Waals surface area contributed by atoms with Gasteiger partial charge in [0.25, 0.3) is 5.91 Å². The summed E-state index contributed by atoms with van der Waals surface area (Å²) < 4.78 is 16.6. The van der Waals surface area contributed by atoms with Crippen LogP contribution in [-0.4, -0.2) is 22.7 Å². The number of anilines is 1. The van der Waals surface area contributed by atoms with Crippen LogP contribution in [0.5, 0.6) is 11.5 Å². The van der Waals surface area contributed by atoms with E-state index in [-0.39, 0.29) is 5.91 Å². The fourth-order valence-corrected chi connectivity index (χ4v) is 2.53. The van der Waals surface area contributed by atoms with Crippen molar-refractivity contribution in [3.05, 3.63) is 65.3 Å². The van der Waals surface area contributed by atoms with Crippen LogP contribution in [-0.2, 0) is 6.61 Å². The molecule has 0 fully saturated rings. The molecule has 0 bridgehead atoms. The Hall–Kier alpha value is -3.35. The molecule has 27 heavy (non-hydrogen) atoms. The Morgan fingerprint density at radius 2 is 2.04 bits per heavy atom. The van der Waals surface area contributed by atoms with Crippen LogP contribution in [0.3, 0.4) is 0 Å². The second-order valence-corrected chi connectivity index (χ2v) is 5.90. The number of rotatable bonds is 7. The van der Waals surface area contributed by atoms with Crippen molar-refractivity contribution in [2.45, 2.75) is 27.4 Å². The number of ether oxygens (including phenoxy) is 2. The van der Waals surface area contributed by atoms with Crippen LogP contribution >= 0.6 is 0 Å². The van der Waals surface area contributed by atoms with Gasteiger partial charge in [-0.1, -0.05) is 11.2 Å². The molecule has 7 heteroatoms. The van der Waals surface area contributed by atoms with E-state index in [1.54, 1.807) is 44.4 Å². The van der Waals surface area contributed by atoms with E-state index in [1.807, 2.05) is 19.1 Å². The normalized spacial score (nSPS) is 10.5. The Labute approximate surface area is 157 Å². The molecule has 0 saturated heterocycles. The highest BCUT2D eigenvalue weighted by molar-refractivity contribution is 6.05. The molecule has 0 atom stereocenters. The van der Waals surface area contributed by atoms with Gasteiger partial charge in [-0.25, -0.2) is 0 Å². The van der Waals surface area contributed by atoms with Gasteiger partial charge in [-0.2, -0.15) is 0 Å². The van der Waals surface area contributed by atoms with Gasteiger partial charge < -0.3 is 19.3 Å². The number of benzene rings is 1. The quantitative estimate of drug-likeness (QED) is 0.681. The molecule has 2 aromatic heterocycles. The fourth-order valence-electron chi connectivity index (χ4n) is 2.53. The molecular formula is C20H21N3O4. The van der Waals surface area contributed by atoms with E-state index in [0.717, 1.165) is 5.56 Å². The number of aromatic nitrogens is 2. The number of aryl methyl sites for hydroxylation is 2. The largest absolute Gasteiger partial charge is 0.490 e. The highest BCUT2D eigenvalue weighted by atomic mass is 16.5. The molecule has 1 aromatic carbocycles. The molecule has 0 radical (unpaired) electrons. The summed E-state index contributed by atoms with van der Waals surface area (Å²) in [6, 6.07) is 8.86. The van der Waals surface area contributed by atoms with E-state index < -0.39 is 0 Å². The molecule has 140 valence electrons. The van der Waals surface area contributed by atoms with E-state index in [4.69, 9.17) is 14.0 Å². The summed E-state index contributed by atoms with van der Waals surface area (Å²) in [4.78, 5) is 16.6. The van der Waals surface area contributed by atoms with Crippen LogP contribution < -0.4 is 14.8 Å². The first-order valence-corrected chi connectivity index (χ1v) is 8.61. The third-order valence-corrected chi connectivity index (χ3v) is 3.89. The predicted octanol–water partition coefficient (Wildman–Crippen LogP) is 3.92. The van der Waals surface area contributed by atoms with Crippen LogP contribution in [0.2, 0.25) is 0 Å². The summed E-state index contributed by atoms with van der Waals surface area (Å²) in [5, 5.41) is 6.66. The van der Waals surface area contributed by atoms with Crippen LogP contribution in [0.25, 0.3) is 0 Å².